The molecule has 2 unspecified atom stereocenters. The van der Waals surface area contributed by atoms with E-state index in [2.05, 4.69) is 35.7 Å². The molecular weight excluding hydrogens is 474 g/mol. The number of rotatable bonds is 13. The summed E-state index contributed by atoms with van der Waals surface area (Å²) < 4.78 is 5.91. The van der Waals surface area contributed by atoms with Crippen molar-refractivity contribution < 1.29 is 19.4 Å². The molecule has 0 aliphatic rings. The van der Waals surface area contributed by atoms with E-state index in [1.165, 1.54) is 6.20 Å². The van der Waals surface area contributed by atoms with Gasteiger partial charge in [-0.15, -0.1) is 20.4 Å². The van der Waals surface area contributed by atoms with E-state index >= 15 is 0 Å². The standard InChI is InChI=1S/C26H33N7O4/c1-5-25(3,16-37-17-26(4,6-2)14-22(35)36)13-21(34)29-18-10-11-20(28-15-18)24-32-30-23(31-33-24)19-9-7-8-12-27-19/h7-12,15H,5-6,13-14,16-17H2,1-4H3,(H,29,34)(H,35,36). The van der Waals surface area contributed by atoms with Crippen LogP contribution >= 0.6 is 0 Å². The molecule has 196 valence electrons. The van der Waals surface area contributed by atoms with Gasteiger partial charge in [-0.2, -0.15) is 0 Å². The molecule has 11 nitrogen and oxygen atoms in total. The van der Waals surface area contributed by atoms with E-state index in [1.807, 2.05) is 33.8 Å². The van der Waals surface area contributed by atoms with Crippen LogP contribution in [-0.2, 0) is 14.3 Å². The van der Waals surface area contributed by atoms with Crippen molar-refractivity contribution in [1.29, 1.82) is 0 Å². The highest BCUT2D eigenvalue weighted by atomic mass is 16.5. The molecule has 37 heavy (non-hydrogen) atoms. The first-order chi connectivity index (χ1) is 17.6. The number of amides is 1. The molecule has 0 aliphatic heterocycles. The van der Waals surface area contributed by atoms with Crippen LogP contribution in [0.2, 0.25) is 0 Å². The number of nitrogens with zero attached hydrogens (tertiary/aromatic N) is 6. The number of carbonyl (C=O) groups excluding carboxylic acids is 1. The Morgan fingerprint density at radius 1 is 0.865 bits per heavy atom. The van der Waals surface area contributed by atoms with Crippen molar-refractivity contribution in [1.82, 2.24) is 30.4 Å². The summed E-state index contributed by atoms with van der Waals surface area (Å²) in [6.07, 6.45) is 4.88. The van der Waals surface area contributed by atoms with Crippen molar-refractivity contribution in [2.24, 2.45) is 10.8 Å². The van der Waals surface area contributed by atoms with E-state index in [4.69, 9.17) is 9.84 Å². The Hall–Kier alpha value is -3.86. The Morgan fingerprint density at radius 2 is 1.46 bits per heavy atom. The van der Waals surface area contributed by atoms with Gasteiger partial charge in [0.1, 0.15) is 11.4 Å². The molecule has 11 heteroatoms. The summed E-state index contributed by atoms with van der Waals surface area (Å²) in [4.78, 5) is 32.4. The summed E-state index contributed by atoms with van der Waals surface area (Å²) in [7, 11) is 0. The SMILES string of the molecule is CCC(C)(COCC(C)(CC)CC(=O)Nc1ccc(-c2nnc(-c3ccccn3)nn2)nc1)CC(=O)O. The highest BCUT2D eigenvalue weighted by Crippen LogP contribution is 2.30. The summed E-state index contributed by atoms with van der Waals surface area (Å²) in [5.41, 5.74) is 0.751. The maximum absolute atomic E-state index is 12.8. The molecule has 0 bridgehead atoms. The second-order valence-corrected chi connectivity index (χ2v) is 9.81. The number of hydrogen-bond acceptors (Lipinski definition) is 9. The minimum atomic E-state index is -0.842. The molecule has 0 aliphatic carbocycles. The molecule has 3 aromatic heterocycles. The smallest absolute Gasteiger partial charge is 0.303 e. The number of ether oxygens (including phenoxy) is 1. The third-order valence-electron chi connectivity index (χ3n) is 6.42. The number of anilines is 1. The lowest BCUT2D eigenvalue weighted by Gasteiger charge is -2.31. The number of carbonyl (C=O) groups is 2. The molecular formula is C26H33N7O4. The van der Waals surface area contributed by atoms with Crippen LogP contribution in [0, 0.1) is 10.8 Å². The number of hydrogen-bond donors (Lipinski definition) is 2. The molecule has 2 atom stereocenters. The fraction of sp³-hybridized carbons (Fsp3) is 0.462. The summed E-state index contributed by atoms with van der Waals surface area (Å²) in [6, 6.07) is 8.80. The van der Waals surface area contributed by atoms with Crippen molar-refractivity contribution in [2.75, 3.05) is 18.5 Å². The van der Waals surface area contributed by atoms with Gasteiger partial charge < -0.3 is 15.2 Å². The van der Waals surface area contributed by atoms with Gasteiger partial charge in [-0.25, -0.2) is 0 Å². The zero-order valence-electron chi connectivity index (χ0n) is 21.6. The van der Waals surface area contributed by atoms with Crippen LogP contribution in [0.1, 0.15) is 53.4 Å². The summed E-state index contributed by atoms with van der Waals surface area (Å²) in [5.74, 6) is -0.427. The molecule has 1 amide bonds. The van der Waals surface area contributed by atoms with Gasteiger partial charge in [-0.05, 0) is 42.5 Å². The zero-order chi connectivity index (χ0) is 26.9. The van der Waals surface area contributed by atoms with Crippen molar-refractivity contribution in [3.63, 3.8) is 0 Å². The predicted octanol–water partition coefficient (Wildman–Crippen LogP) is 4.04. The van der Waals surface area contributed by atoms with Gasteiger partial charge in [0.15, 0.2) is 0 Å². The largest absolute Gasteiger partial charge is 0.481 e. The van der Waals surface area contributed by atoms with Crippen LogP contribution in [0.4, 0.5) is 5.69 Å². The molecule has 3 rings (SSSR count). The van der Waals surface area contributed by atoms with Crippen LogP contribution in [0.25, 0.3) is 23.0 Å². The maximum atomic E-state index is 12.8. The Kier molecular flexibility index (Phi) is 9.29. The van der Waals surface area contributed by atoms with Crippen molar-refractivity contribution in [2.45, 2.75) is 53.4 Å². The van der Waals surface area contributed by atoms with Crippen LogP contribution in [0.5, 0.6) is 0 Å². The molecule has 0 aromatic carbocycles. The monoisotopic (exact) mass is 507 g/mol. The molecule has 0 radical (unpaired) electrons. The molecule has 0 saturated heterocycles. The minimum Gasteiger partial charge on any atom is -0.481 e. The van der Waals surface area contributed by atoms with Crippen molar-refractivity contribution >= 4 is 17.6 Å². The molecule has 3 aromatic rings. The number of carboxylic acid groups (broad SMARTS) is 1. The van der Waals surface area contributed by atoms with Gasteiger partial charge in [0.05, 0.1) is 31.5 Å². The van der Waals surface area contributed by atoms with Crippen LogP contribution in [0.3, 0.4) is 0 Å². The van der Waals surface area contributed by atoms with E-state index in [0.717, 1.165) is 6.42 Å². The van der Waals surface area contributed by atoms with E-state index in [1.54, 1.807) is 30.5 Å². The minimum absolute atomic E-state index is 0.0430. The molecule has 2 N–H and O–H groups in total. The molecule has 0 spiro atoms. The van der Waals surface area contributed by atoms with Gasteiger partial charge in [-0.3, -0.25) is 19.6 Å². The lowest BCUT2D eigenvalue weighted by Crippen LogP contribution is -2.32. The Morgan fingerprint density at radius 3 is 1.95 bits per heavy atom. The quantitative estimate of drug-likeness (QED) is 0.346. The van der Waals surface area contributed by atoms with Crippen LogP contribution in [0.15, 0.2) is 42.7 Å². The van der Waals surface area contributed by atoms with Gasteiger partial charge in [0, 0.05) is 18.0 Å². The first-order valence-corrected chi connectivity index (χ1v) is 12.2. The van der Waals surface area contributed by atoms with E-state index < -0.39 is 16.8 Å². The number of carboxylic acids is 1. The third-order valence-corrected chi connectivity index (χ3v) is 6.42. The predicted molar refractivity (Wildman–Crippen MR) is 137 cm³/mol. The zero-order valence-corrected chi connectivity index (χ0v) is 21.6. The third kappa shape index (κ3) is 8.07. The number of aromatic nitrogens is 6. The van der Waals surface area contributed by atoms with Crippen molar-refractivity contribution in [3.8, 4) is 23.0 Å². The van der Waals surface area contributed by atoms with Crippen LogP contribution in [-0.4, -0.2) is 60.6 Å². The fourth-order valence-electron chi connectivity index (χ4n) is 3.59. The Balaban J connectivity index is 1.55. The average Bonchev–Trinajstić information content (AvgIpc) is 2.89. The fourth-order valence-corrected chi connectivity index (χ4v) is 3.59. The second kappa shape index (κ2) is 12.4. The first-order valence-electron chi connectivity index (χ1n) is 12.2. The van der Waals surface area contributed by atoms with Gasteiger partial charge in [-0.1, -0.05) is 33.8 Å². The topological polar surface area (TPSA) is 153 Å². The van der Waals surface area contributed by atoms with E-state index in [-0.39, 0.29) is 24.6 Å². The summed E-state index contributed by atoms with van der Waals surface area (Å²) >= 11 is 0. The van der Waals surface area contributed by atoms with Gasteiger partial charge >= 0.3 is 5.97 Å². The highest BCUT2D eigenvalue weighted by Gasteiger charge is 2.30. The van der Waals surface area contributed by atoms with Gasteiger partial charge in [0.25, 0.3) is 0 Å². The summed E-state index contributed by atoms with van der Waals surface area (Å²) in [6.45, 7) is 8.53. The molecule has 3 heterocycles. The van der Waals surface area contributed by atoms with Crippen LogP contribution < -0.4 is 5.32 Å². The molecule has 0 saturated carbocycles. The normalized spacial score (nSPS) is 14.4. The highest BCUT2D eigenvalue weighted by molar-refractivity contribution is 5.91. The first kappa shape index (κ1) is 27.7. The maximum Gasteiger partial charge on any atom is 0.303 e. The lowest BCUT2D eigenvalue weighted by molar-refractivity contribution is -0.141. The van der Waals surface area contributed by atoms with E-state index in [0.29, 0.717) is 42.5 Å². The Labute approximate surface area is 216 Å². The molecule has 0 fully saturated rings. The Bertz CT molecular complexity index is 1180. The number of pyridine rings is 2. The average molecular weight is 508 g/mol. The lowest BCUT2D eigenvalue weighted by atomic mass is 9.83. The second-order valence-electron chi connectivity index (χ2n) is 9.81. The van der Waals surface area contributed by atoms with E-state index in [9.17, 15) is 9.59 Å². The van der Waals surface area contributed by atoms with Crippen molar-refractivity contribution in [3.05, 3.63) is 42.7 Å². The summed E-state index contributed by atoms with van der Waals surface area (Å²) in [5, 5.41) is 28.3. The number of aliphatic carboxylic acids is 1. The number of nitrogens with one attached hydrogen (secondary N) is 1. The van der Waals surface area contributed by atoms with Gasteiger partial charge in [0.2, 0.25) is 17.6 Å².